The number of carbonyl (C=O) groups is 1. The maximum Gasteiger partial charge on any atom is 0.239 e. The predicted molar refractivity (Wildman–Crippen MR) is 94.3 cm³/mol. The fraction of sp³-hybridized carbons (Fsp3) is 0.500. The van der Waals surface area contributed by atoms with Crippen molar-refractivity contribution in [3.8, 4) is 0 Å². The van der Waals surface area contributed by atoms with Crippen LogP contribution in [0.25, 0.3) is 0 Å². The molecule has 1 saturated heterocycles. The number of carbonyl (C=O) groups excluding carboxylic acids is 1. The second-order valence-corrected chi connectivity index (χ2v) is 6.72. The van der Waals surface area contributed by atoms with Crippen LogP contribution in [0.1, 0.15) is 25.7 Å². The van der Waals surface area contributed by atoms with E-state index in [0.717, 1.165) is 25.3 Å². The predicted octanol–water partition coefficient (Wildman–Crippen LogP) is 3.12. The van der Waals surface area contributed by atoms with Crippen LogP contribution in [0.3, 0.4) is 0 Å². The average molecular weight is 355 g/mol. The fourth-order valence-electron chi connectivity index (χ4n) is 2.90. The van der Waals surface area contributed by atoms with Crippen LogP contribution < -0.4 is 10.3 Å². The van der Waals surface area contributed by atoms with Gasteiger partial charge >= 0.3 is 0 Å². The first-order valence-electron chi connectivity index (χ1n) is 7.94. The molecule has 1 aromatic carbocycles. The first-order valence-corrected chi connectivity index (χ1v) is 8.70. The van der Waals surface area contributed by atoms with Crippen molar-refractivity contribution in [2.45, 2.75) is 25.7 Å². The third-order valence-electron chi connectivity index (χ3n) is 4.10. The van der Waals surface area contributed by atoms with Crippen LogP contribution in [0.2, 0.25) is 10.0 Å². The van der Waals surface area contributed by atoms with Crippen molar-refractivity contribution in [1.82, 2.24) is 10.2 Å². The van der Waals surface area contributed by atoms with Gasteiger partial charge in [0.1, 0.15) is 5.84 Å². The molecule has 0 aliphatic carbocycles. The molecule has 23 heavy (non-hydrogen) atoms. The van der Waals surface area contributed by atoms with Gasteiger partial charge in [-0.25, -0.2) is 0 Å². The van der Waals surface area contributed by atoms with E-state index in [1.165, 1.54) is 19.3 Å². The number of amidine groups is 1. The molecule has 3 rings (SSSR count). The zero-order valence-corrected chi connectivity index (χ0v) is 14.4. The molecule has 0 radical (unpaired) electrons. The number of anilines is 1. The molecule has 1 N–H and O–H groups in total. The molecule has 5 nitrogen and oxygen atoms in total. The number of likely N-dealkylation sites (tertiary alicyclic amines) is 1. The Hall–Kier alpha value is -1.30. The summed E-state index contributed by atoms with van der Waals surface area (Å²) in [6.45, 7) is 3.19. The quantitative estimate of drug-likeness (QED) is 0.906. The third-order valence-corrected chi connectivity index (χ3v) is 4.84. The number of nitrogens with one attached hydrogen (secondary N) is 1. The first kappa shape index (κ1) is 16.6. The molecule has 0 spiro atoms. The highest BCUT2D eigenvalue weighted by molar-refractivity contribution is 6.42. The van der Waals surface area contributed by atoms with Crippen molar-refractivity contribution in [1.29, 1.82) is 0 Å². The first-order chi connectivity index (χ1) is 11.1. The van der Waals surface area contributed by atoms with Crippen molar-refractivity contribution in [2.24, 2.45) is 5.10 Å². The van der Waals surface area contributed by atoms with E-state index in [4.69, 9.17) is 23.2 Å². The normalized spacial score (nSPS) is 18.9. The highest BCUT2D eigenvalue weighted by atomic mass is 35.5. The Morgan fingerprint density at radius 2 is 1.91 bits per heavy atom. The van der Waals surface area contributed by atoms with E-state index in [9.17, 15) is 4.79 Å². The van der Waals surface area contributed by atoms with Gasteiger partial charge in [0, 0.05) is 13.0 Å². The van der Waals surface area contributed by atoms with Gasteiger partial charge in [0.15, 0.2) is 0 Å². The highest BCUT2D eigenvalue weighted by Crippen LogP contribution is 2.28. The molecule has 1 amide bonds. The van der Waals surface area contributed by atoms with Gasteiger partial charge in [0.2, 0.25) is 5.91 Å². The number of hydrogen-bond donors (Lipinski definition) is 1. The molecule has 2 aliphatic heterocycles. The third kappa shape index (κ3) is 4.37. The van der Waals surface area contributed by atoms with Crippen LogP contribution >= 0.6 is 23.2 Å². The lowest BCUT2D eigenvalue weighted by molar-refractivity contribution is -0.121. The summed E-state index contributed by atoms with van der Waals surface area (Å²) < 4.78 is 0. The SMILES string of the molecule is O=C(CN1CCCCC1)NC1=NN(c2ccc(Cl)c(Cl)c2)CC1. The summed E-state index contributed by atoms with van der Waals surface area (Å²) in [6, 6.07) is 5.41. The number of nitrogens with zero attached hydrogens (tertiary/aromatic N) is 3. The summed E-state index contributed by atoms with van der Waals surface area (Å²) >= 11 is 12.0. The second kappa shape index (κ2) is 7.51. The smallest absolute Gasteiger partial charge is 0.239 e. The fourth-order valence-corrected chi connectivity index (χ4v) is 3.19. The molecule has 124 valence electrons. The number of hydrazone groups is 1. The topological polar surface area (TPSA) is 47.9 Å². The monoisotopic (exact) mass is 354 g/mol. The summed E-state index contributed by atoms with van der Waals surface area (Å²) in [5, 5.41) is 10.2. The maximum atomic E-state index is 12.1. The maximum absolute atomic E-state index is 12.1. The minimum Gasteiger partial charge on any atom is -0.312 e. The van der Waals surface area contributed by atoms with Gasteiger partial charge in [-0.1, -0.05) is 29.6 Å². The van der Waals surface area contributed by atoms with Crippen molar-refractivity contribution in [3.63, 3.8) is 0 Å². The lowest BCUT2D eigenvalue weighted by Crippen LogP contribution is -2.41. The van der Waals surface area contributed by atoms with Crippen molar-refractivity contribution < 1.29 is 4.79 Å². The van der Waals surface area contributed by atoms with E-state index in [-0.39, 0.29) is 5.91 Å². The van der Waals surface area contributed by atoms with E-state index in [0.29, 0.717) is 28.8 Å². The summed E-state index contributed by atoms with van der Waals surface area (Å²) in [6.07, 6.45) is 4.34. The molecule has 0 aromatic heterocycles. The van der Waals surface area contributed by atoms with Crippen LogP contribution in [-0.2, 0) is 4.79 Å². The molecular formula is C16H20Cl2N4O. The summed E-state index contributed by atoms with van der Waals surface area (Å²) in [4.78, 5) is 14.3. The van der Waals surface area contributed by atoms with Crippen molar-refractivity contribution in [3.05, 3.63) is 28.2 Å². The Morgan fingerprint density at radius 1 is 1.13 bits per heavy atom. The molecule has 2 heterocycles. The van der Waals surface area contributed by atoms with Gasteiger partial charge in [-0.3, -0.25) is 14.7 Å². The van der Waals surface area contributed by atoms with Crippen LogP contribution in [0.15, 0.2) is 23.3 Å². The van der Waals surface area contributed by atoms with Gasteiger partial charge in [0.05, 0.1) is 22.3 Å². The van der Waals surface area contributed by atoms with E-state index in [2.05, 4.69) is 15.3 Å². The minimum absolute atomic E-state index is 0.0154. The highest BCUT2D eigenvalue weighted by Gasteiger charge is 2.20. The van der Waals surface area contributed by atoms with Gasteiger partial charge < -0.3 is 5.32 Å². The summed E-state index contributed by atoms with van der Waals surface area (Å²) in [5.41, 5.74) is 0.875. The number of hydrogen-bond acceptors (Lipinski definition) is 4. The Balaban J connectivity index is 1.56. The van der Waals surface area contributed by atoms with Gasteiger partial charge in [-0.15, -0.1) is 0 Å². The largest absolute Gasteiger partial charge is 0.312 e. The summed E-state index contributed by atoms with van der Waals surface area (Å²) in [7, 11) is 0. The van der Waals surface area contributed by atoms with Crippen molar-refractivity contribution >= 4 is 40.6 Å². The van der Waals surface area contributed by atoms with E-state index in [1.54, 1.807) is 12.1 Å². The van der Waals surface area contributed by atoms with Gasteiger partial charge in [0.25, 0.3) is 0 Å². The van der Waals surface area contributed by atoms with Crippen LogP contribution in [0, 0.1) is 0 Å². The molecule has 7 heteroatoms. The Labute approximate surface area is 146 Å². The molecular weight excluding hydrogens is 335 g/mol. The lowest BCUT2D eigenvalue weighted by atomic mass is 10.1. The summed E-state index contributed by atoms with van der Waals surface area (Å²) in [5.74, 6) is 0.722. The average Bonchev–Trinajstić information content (AvgIpc) is 2.99. The lowest BCUT2D eigenvalue weighted by Gasteiger charge is -2.25. The minimum atomic E-state index is 0.0154. The molecule has 1 fully saturated rings. The number of amides is 1. The molecule has 0 bridgehead atoms. The number of benzene rings is 1. The van der Waals surface area contributed by atoms with Crippen LogP contribution in [0.4, 0.5) is 5.69 Å². The Bertz CT molecular complexity index is 614. The van der Waals surface area contributed by atoms with Gasteiger partial charge in [-0.2, -0.15) is 5.10 Å². The Kier molecular flexibility index (Phi) is 5.41. The van der Waals surface area contributed by atoms with Crippen LogP contribution in [-0.4, -0.2) is 42.8 Å². The molecule has 2 aliphatic rings. The second-order valence-electron chi connectivity index (χ2n) is 5.90. The molecule has 1 aromatic rings. The standard InChI is InChI=1S/C16H20Cl2N4O/c17-13-5-4-12(10-14(13)18)22-9-6-15(20-22)19-16(23)11-21-7-2-1-3-8-21/h4-5,10H,1-3,6-9,11H2,(H,19,20,23). The zero-order chi connectivity index (χ0) is 16.2. The number of rotatable bonds is 3. The molecule has 0 atom stereocenters. The van der Waals surface area contributed by atoms with E-state index < -0.39 is 0 Å². The van der Waals surface area contributed by atoms with E-state index in [1.807, 2.05) is 11.1 Å². The number of halogens is 2. The molecule has 0 saturated carbocycles. The zero-order valence-electron chi connectivity index (χ0n) is 12.9. The van der Waals surface area contributed by atoms with Crippen LogP contribution in [0.5, 0.6) is 0 Å². The van der Waals surface area contributed by atoms with Crippen molar-refractivity contribution in [2.75, 3.05) is 31.2 Å². The Morgan fingerprint density at radius 3 is 2.65 bits per heavy atom. The van der Waals surface area contributed by atoms with Gasteiger partial charge in [-0.05, 0) is 44.1 Å². The number of piperidine rings is 1. The molecule has 0 unspecified atom stereocenters. The van der Waals surface area contributed by atoms with E-state index >= 15 is 0 Å².